The molecule has 2 rings (SSSR count). The Hall–Kier alpha value is -1.20. The minimum Gasteiger partial charge on any atom is -0.373 e. The molecule has 2 unspecified atom stereocenters. The lowest BCUT2D eigenvalue weighted by Gasteiger charge is -2.35. The molecule has 112 valence electrons. The maximum Gasteiger partial charge on any atom is 0.223 e. The van der Waals surface area contributed by atoms with Crippen molar-refractivity contribution in [3.8, 4) is 0 Å². The third-order valence-electron chi connectivity index (χ3n) is 3.41. The van der Waals surface area contributed by atoms with Crippen molar-refractivity contribution in [3.05, 3.63) is 17.5 Å². The summed E-state index contributed by atoms with van der Waals surface area (Å²) in [4.78, 5) is 11.2. The molecule has 0 aromatic carbocycles. The van der Waals surface area contributed by atoms with Gasteiger partial charge >= 0.3 is 0 Å². The van der Waals surface area contributed by atoms with Crippen molar-refractivity contribution < 1.29 is 4.74 Å². The normalized spacial score (nSPS) is 23.8. The molecule has 0 saturated carbocycles. The van der Waals surface area contributed by atoms with Crippen LogP contribution in [0.15, 0.2) is 6.07 Å². The number of ether oxygens (including phenoxy) is 1. The average molecular weight is 278 g/mol. The summed E-state index contributed by atoms with van der Waals surface area (Å²) in [5, 5.41) is 3.31. The zero-order valence-electron chi connectivity index (χ0n) is 13.0. The fraction of sp³-hybridized carbons (Fsp3) is 0.733. The topological polar surface area (TPSA) is 50.3 Å². The van der Waals surface area contributed by atoms with Crippen molar-refractivity contribution in [1.82, 2.24) is 14.9 Å². The Balaban J connectivity index is 1.71. The van der Waals surface area contributed by atoms with Crippen LogP contribution in [0.5, 0.6) is 0 Å². The summed E-state index contributed by atoms with van der Waals surface area (Å²) in [6.07, 6.45) is 1.78. The first kappa shape index (κ1) is 15.2. The highest BCUT2D eigenvalue weighted by Gasteiger charge is 2.21. The summed E-state index contributed by atoms with van der Waals surface area (Å²) in [7, 11) is 0. The number of anilines is 1. The average Bonchev–Trinajstić information content (AvgIpc) is 2.32. The first-order chi connectivity index (χ1) is 9.52. The summed E-state index contributed by atoms with van der Waals surface area (Å²) in [6, 6.07) is 1.99. The van der Waals surface area contributed by atoms with Crippen LogP contribution in [0.4, 0.5) is 5.95 Å². The smallest absolute Gasteiger partial charge is 0.223 e. The molecule has 1 saturated heterocycles. The van der Waals surface area contributed by atoms with Gasteiger partial charge in [0, 0.05) is 37.6 Å². The van der Waals surface area contributed by atoms with Crippen LogP contribution in [-0.4, -0.2) is 53.3 Å². The highest BCUT2D eigenvalue weighted by molar-refractivity contribution is 5.27. The van der Waals surface area contributed by atoms with Gasteiger partial charge in [-0.3, -0.25) is 4.90 Å². The van der Waals surface area contributed by atoms with Gasteiger partial charge in [-0.15, -0.1) is 0 Å². The minimum atomic E-state index is 0.342. The van der Waals surface area contributed by atoms with E-state index in [1.165, 1.54) is 0 Å². The van der Waals surface area contributed by atoms with E-state index in [2.05, 4.69) is 34.0 Å². The lowest BCUT2D eigenvalue weighted by Crippen LogP contribution is -2.45. The predicted molar refractivity (Wildman–Crippen MR) is 81.1 cm³/mol. The molecule has 0 bridgehead atoms. The second-order valence-electron chi connectivity index (χ2n) is 5.77. The molecule has 2 atom stereocenters. The Morgan fingerprint density at radius 2 is 1.80 bits per heavy atom. The standard InChI is InChI=1S/C15H26N4O/c1-11-8-12(2)18-15(17-11)16-6-5-7-19-9-13(3)20-14(4)10-19/h8,13-14H,5-7,9-10H2,1-4H3,(H,16,17,18). The fourth-order valence-corrected chi connectivity index (χ4v) is 2.77. The van der Waals surface area contributed by atoms with Crippen molar-refractivity contribution in [1.29, 1.82) is 0 Å². The summed E-state index contributed by atoms with van der Waals surface area (Å²) in [5.74, 6) is 0.742. The van der Waals surface area contributed by atoms with Crippen LogP contribution in [0.2, 0.25) is 0 Å². The van der Waals surface area contributed by atoms with Crippen molar-refractivity contribution in [2.24, 2.45) is 0 Å². The Kier molecular flexibility index (Phi) is 5.31. The quantitative estimate of drug-likeness (QED) is 0.835. The molecule has 1 aliphatic rings. The second kappa shape index (κ2) is 6.99. The van der Waals surface area contributed by atoms with Crippen molar-refractivity contribution >= 4 is 5.95 Å². The molecule has 0 radical (unpaired) electrons. The molecule has 1 aliphatic heterocycles. The molecule has 2 heterocycles. The molecule has 20 heavy (non-hydrogen) atoms. The maximum atomic E-state index is 5.74. The van der Waals surface area contributed by atoms with Gasteiger partial charge in [-0.2, -0.15) is 0 Å². The van der Waals surface area contributed by atoms with E-state index in [1.807, 2.05) is 19.9 Å². The van der Waals surface area contributed by atoms with Crippen LogP contribution in [0, 0.1) is 13.8 Å². The first-order valence-corrected chi connectivity index (χ1v) is 7.47. The predicted octanol–water partition coefficient (Wildman–Crippen LogP) is 2.00. The van der Waals surface area contributed by atoms with Crippen LogP contribution < -0.4 is 5.32 Å². The van der Waals surface area contributed by atoms with Gasteiger partial charge in [0.25, 0.3) is 0 Å². The molecule has 1 aromatic rings. The number of rotatable bonds is 5. The molecule has 1 N–H and O–H groups in total. The maximum absolute atomic E-state index is 5.74. The van der Waals surface area contributed by atoms with Gasteiger partial charge in [0.05, 0.1) is 12.2 Å². The van der Waals surface area contributed by atoms with Gasteiger partial charge < -0.3 is 10.1 Å². The molecular weight excluding hydrogens is 252 g/mol. The van der Waals surface area contributed by atoms with Gasteiger partial charge in [-0.05, 0) is 40.2 Å². The number of hydrogen-bond donors (Lipinski definition) is 1. The van der Waals surface area contributed by atoms with Gasteiger partial charge in [0.15, 0.2) is 0 Å². The molecule has 5 nitrogen and oxygen atoms in total. The summed E-state index contributed by atoms with van der Waals surface area (Å²) < 4.78 is 5.74. The summed E-state index contributed by atoms with van der Waals surface area (Å²) >= 11 is 0. The van der Waals surface area contributed by atoms with Gasteiger partial charge in [0.1, 0.15) is 0 Å². The molecule has 5 heteroatoms. The third kappa shape index (κ3) is 4.72. The van der Waals surface area contributed by atoms with E-state index >= 15 is 0 Å². The number of aryl methyl sites for hydroxylation is 2. The molecule has 0 aliphatic carbocycles. The monoisotopic (exact) mass is 278 g/mol. The van der Waals surface area contributed by atoms with Crippen LogP contribution in [0.1, 0.15) is 31.7 Å². The van der Waals surface area contributed by atoms with Crippen LogP contribution >= 0.6 is 0 Å². The van der Waals surface area contributed by atoms with Gasteiger partial charge in [-0.25, -0.2) is 9.97 Å². The zero-order valence-corrected chi connectivity index (χ0v) is 13.0. The van der Waals surface area contributed by atoms with E-state index in [-0.39, 0.29) is 0 Å². The van der Waals surface area contributed by atoms with Crippen molar-refractivity contribution in [2.75, 3.05) is 31.5 Å². The van der Waals surface area contributed by atoms with E-state index in [0.717, 1.165) is 49.9 Å². The van der Waals surface area contributed by atoms with Gasteiger partial charge in [0.2, 0.25) is 5.95 Å². The third-order valence-corrected chi connectivity index (χ3v) is 3.41. The van der Waals surface area contributed by atoms with E-state index in [9.17, 15) is 0 Å². The number of morpholine rings is 1. The minimum absolute atomic E-state index is 0.342. The van der Waals surface area contributed by atoms with E-state index in [4.69, 9.17) is 4.74 Å². The SMILES string of the molecule is Cc1cc(C)nc(NCCCN2CC(C)OC(C)C2)n1. The molecular formula is C15H26N4O. The Labute approximate surface area is 121 Å². The van der Waals surface area contributed by atoms with Crippen LogP contribution in [-0.2, 0) is 4.74 Å². The number of hydrogen-bond acceptors (Lipinski definition) is 5. The molecule has 0 spiro atoms. The zero-order chi connectivity index (χ0) is 14.5. The van der Waals surface area contributed by atoms with Gasteiger partial charge in [-0.1, -0.05) is 0 Å². The Bertz CT molecular complexity index is 408. The summed E-state index contributed by atoms with van der Waals surface area (Å²) in [6.45, 7) is 12.3. The van der Waals surface area contributed by atoms with Crippen molar-refractivity contribution in [2.45, 2.75) is 46.3 Å². The summed E-state index contributed by atoms with van der Waals surface area (Å²) in [5.41, 5.74) is 2.02. The Morgan fingerprint density at radius 1 is 1.20 bits per heavy atom. The molecule has 1 fully saturated rings. The lowest BCUT2D eigenvalue weighted by atomic mass is 10.2. The highest BCUT2D eigenvalue weighted by Crippen LogP contribution is 2.11. The van der Waals surface area contributed by atoms with Crippen molar-refractivity contribution in [3.63, 3.8) is 0 Å². The van der Waals surface area contributed by atoms with Crippen LogP contribution in [0.3, 0.4) is 0 Å². The second-order valence-corrected chi connectivity index (χ2v) is 5.77. The number of nitrogens with zero attached hydrogens (tertiary/aromatic N) is 3. The Morgan fingerprint density at radius 3 is 2.40 bits per heavy atom. The van der Waals surface area contributed by atoms with E-state index < -0.39 is 0 Å². The fourth-order valence-electron chi connectivity index (χ4n) is 2.77. The number of nitrogens with one attached hydrogen (secondary N) is 1. The van der Waals surface area contributed by atoms with E-state index in [1.54, 1.807) is 0 Å². The molecule has 0 amide bonds. The lowest BCUT2D eigenvalue weighted by molar-refractivity contribution is -0.0678. The first-order valence-electron chi connectivity index (χ1n) is 7.47. The van der Waals surface area contributed by atoms with E-state index in [0.29, 0.717) is 12.2 Å². The molecule has 1 aromatic heterocycles. The highest BCUT2D eigenvalue weighted by atomic mass is 16.5. The number of aromatic nitrogens is 2. The largest absolute Gasteiger partial charge is 0.373 e. The van der Waals surface area contributed by atoms with Crippen LogP contribution in [0.25, 0.3) is 0 Å².